The summed E-state index contributed by atoms with van der Waals surface area (Å²) in [6.45, 7) is 2.81. The van der Waals surface area contributed by atoms with Gasteiger partial charge in [0.15, 0.2) is 0 Å². The molecule has 0 unspecified atom stereocenters. The summed E-state index contributed by atoms with van der Waals surface area (Å²) in [6.07, 6.45) is 4.27. The molecule has 1 aromatic carbocycles. The van der Waals surface area contributed by atoms with Crippen molar-refractivity contribution in [3.63, 3.8) is 0 Å². The van der Waals surface area contributed by atoms with Gasteiger partial charge in [0.1, 0.15) is 0 Å². The van der Waals surface area contributed by atoms with Gasteiger partial charge in [0.25, 0.3) is 0 Å². The fourth-order valence-corrected chi connectivity index (χ4v) is 3.12. The van der Waals surface area contributed by atoms with E-state index in [1.807, 2.05) is 12.1 Å². The van der Waals surface area contributed by atoms with Crippen molar-refractivity contribution >= 4 is 11.7 Å². The normalized spacial score (nSPS) is 23.0. The van der Waals surface area contributed by atoms with Crippen LogP contribution in [0, 0.1) is 17.8 Å². The highest BCUT2D eigenvalue weighted by Gasteiger charge is 2.30. The van der Waals surface area contributed by atoms with E-state index in [0.717, 1.165) is 43.2 Å². The molecule has 0 spiro atoms. The summed E-state index contributed by atoms with van der Waals surface area (Å²) in [4.78, 5) is 11.6. The topological polar surface area (TPSA) is 61.4 Å². The van der Waals surface area contributed by atoms with Gasteiger partial charge in [-0.15, -0.1) is 0 Å². The van der Waals surface area contributed by atoms with Crippen LogP contribution in [0.1, 0.15) is 24.8 Å². The van der Waals surface area contributed by atoms with E-state index in [1.54, 1.807) is 0 Å². The van der Waals surface area contributed by atoms with E-state index in [1.165, 1.54) is 12.8 Å². The number of anilines is 1. The monoisotopic (exact) mass is 288 g/mol. The van der Waals surface area contributed by atoms with Gasteiger partial charge >= 0.3 is 5.97 Å². The lowest BCUT2D eigenvalue weighted by atomic mass is 9.86. The number of hydrogen-bond donors (Lipinski definition) is 3. The molecule has 4 heteroatoms. The van der Waals surface area contributed by atoms with Crippen LogP contribution >= 0.6 is 0 Å². The highest BCUT2D eigenvalue weighted by Crippen LogP contribution is 2.29. The number of nitrogens with one attached hydrogen (secondary N) is 2. The number of carboxylic acids is 1. The zero-order valence-corrected chi connectivity index (χ0v) is 12.3. The third-order valence-electron chi connectivity index (χ3n) is 4.66. The number of carboxylic acid groups (broad SMARTS) is 1. The fourth-order valence-electron chi connectivity index (χ4n) is 3.12. The van der Waals surface area contributed by atoms with E-state index in [4.69, 9.17) is 0 Å². The maximum Gasteiger partial charge on any atom is 0.307 e. The maximum absolute atomic E-state index is 11.6. The number of carbonyl (C=O) groups is 1. The van der Waals surface area contributed by atoms with E-state index in [-0.39, 0.29) is 11.8 Å². The summed E-state index contributed by atoms with van der Waals surface area (Å²) < 4.78 is 0. The second kappa shape index (κ2) is 6.48. The molecule has 2 fully saturated rings. The van der Waals surface area contributed by atoms with Gasteiger partial charge in [-0.05, 0) is 68.3 Å². The summed E-state index contributed by atoms with van der Waals surface area (Å²) in [5.41, 5.74) is 2.24. The summed E-state index contributed by atoms with van der Waals surface area (Å²) >= 11 is 0. The first-order valence-electron chi connectivity index (χ1n) is 7.98. The molecule has 21 heavy (non-hydrogen) atoms. The molecule has 0 bridgehead atoms. The molecular weight excluding hydrogens is 264 g/mol. The Labute approximate surface area is 125 Å². The first-order valence-corrected chi connectivity index (χ1v) is 7.98. The Morgan fingerprint density at radius 3 is 2.90 bits per heavy atom. The van der Waals surface area contributed by atoms with Gasteiger partial charge in [0.2, 0.25) is 0 Å². The number of aliphatic carboxylic acids is 1. The van der Waals surface area contributed by atoms with Crippen molar-refractivity contribution in [1.29, 1.82) is 0 Å². The van der Waals surface area contributed by atoms with E-state index < -0.39 is 5.97 Å². The van der Waals surface area contributed by atoms with Crippen LogP contribution in [0.5, 0.6) is 0 Å². The third kappa shape index (κ3) is 3.97. The van der Waals surface area contributed by atoms with Gasteiger partial charge < -0.3 is 15.7 Å². The lowest BCUT2D eigenvalue weighted by Gasteiger charge is -2.19. The predicted molar refractivity (Wildman–Crippen MR) is 83.5 cm³/mol. The van der Waals surface area contributed by atoms with Gasteiger partial charge in [-0.3, -0.25) is 4.79 Å². The summed E-state index contributed by atoms with van der Waals surface area (Å²) in [7, 11) is 0. The highest BCUT2D eigenvalue weighted by molar-refractivity contribution is 5.71. The molecule has 1 aliphatic heterocycles. The molecule has 1 heterocycles. The van der Waals surface area contributed by atoms with Gasteiger partial charge in [-0.1, -0.05) is 12.1 Å². The molecule has 3 N–H and O–H groups in total. The summed E-state index contributed by atoms with van der Waals surface area (Å²) in [5, 5.41) is 16.2. The molecule has 2 aliphatic rings. The lowest BCUT2D eigenvalue weighted by molar-refractivity contribution is -0.143. The summed E-state index contributed by atoms with van der Waals surface area (Å²) in [6, 6.07) is 8.25. The zero-order valence-electron chi connectivity index (χ0n) is 12.3. The largest absolute Gasteiger partial charge is 0.481 e. The standard InChI is InChI=1S/C17H24N2O2/c20-17(21)16(14-6-7-18-11-14)9-13-2-1-3-15(8-13)19-10-12-4-5-12/h1-3,8,12,14,16,18-19H,4-7,9-11H2,(H,20,21)/t14-,16-/m0/s1. The average molecular weight is 288 g/mol. The lowest BCUT2D eigenvalue weighted by Crippen LogP contribution is -2.27. The first-order chi connectivity index (χ1) is 10.2. The number of rotatable bonds is 7. The Kier molecular flexibility index (Phi) is 4.44. The minimum absolute atomic E-state index is 0.255. The van der Waals surface area contributed by atoms with Crippen molar-refractivity contribution in [2.24, 2.45) is 17.8 Å². The van der Waals surface area contributed by atoms with Crippen molar-refractivity contribution in [2.45, 2.75) is 25.7 Å². The van der Waals surface area contributed by atoms with Crippen molar-refractivity contribution < 1.29 is 9.90 Å². The number of benzene rings is 1. The smallest absolute Gasteiger partial charge is 0.307 e. The molecule has 1 aliphatic carbocycles. The van der Waals surface area contributed by atoms with E-state index in [0.29, 0.717) is 6.42 Å². The van der Waals surface area contributed by atoms with Crippen LogP contribution in [0.25, 0.3) is 0 Å². The Morgan fingerprint density at radius 1 is 1.38 bits per heavy atom. The van der Waals surface area contributed by atoms with Crippen LogP contribution in [0.3, 0.4) is 0 Å². The molecule has 1 aromatic rings. The van der Waals surface area contributed by atoms with Crippen LogP contribution in [-0.2, 0) is 11.2 Å². The van der Waals surface area contributed by atoms with Crippen molar-refractivity contribution in [3.05, 3.63) is 29.8 Å². The minimum atomic E-state index is -0.667. The maximum atomic E-state index is 11.6. The molecule has 1 saturated carbocycles. The van der Waals surface area contributed by atoms with Gasteiger partial charge in [-0.2, -0.15) is 0 Å². The average Bonchev–Trinajstić information content (AvgIpc) is 3.16. The highest BCUT2D eigenvalue weighted by atomic mass is 16.4. The number of hydrogen-bond acceptors (Lipinski definition) is 3. The molecule has 0 aromatic heterocycles. The van der Waals surface area contributed by atoms with Gasteiger partial charge in [-0.25, -0.2) is 0 Å². The minimum Gasteiger partial charge on any atom is -0.481 e. The van der Waals surface area contributed by atoms with Gasteiger partial charge in [0, 0.05) is 12.2 Å². The second-order valence-corrected chi connectivity index (χ2v) is 6.43. The van der Waals surface area contributed by atoms with Crippen LogP contribution in [0.2, 0.25) is 0 Å². The molecule has 114 valence electrons. The van der Waals surface area contributed by atoms with Gasteiger partial charge in [0.05, 0.1) is 5.92 Å². The Hall–Kier alpha value is -1.55. The van der Waals surface area contributed by atoms with Crippen LogP contribution in [-0.4, -0.2) is 30.7 Å². The van der Waals surface area contributed by atoms with Crippen molar-refractivity contribution in [1.82, 2.24) is 5.32 Å². The van der Waals surface area contributed by atoms with Crippen molar-refractivity contribution in [2.75, 3.05) is 25.0 Å². The Morgan fingerprint density at radius 2 is 2.24 bits per heavy atom. The first kappa shape index (κ1) is 14.4. The Bertz CT molecular complexity index is 493. The fraction of sp³-hybridized carbons (Fsp3) is 0.588. The second-order valence-electron chi connectivity index (χ2n) is 6.43. The zero-order chi connectivity index (χ0) is 14.7. The molecule has 0 amide bonds. The van der Waals surface area contributed by atoms with Crippen LogP contribution in [0.4, 0.5) is 5.69 Å². The SMILES string of the molecule is O=C(O)[C@@H](Cc1cccc(NCC2CC2)c1)[C@H]1CCNC1. The van der Waals surface area contributed by atoms with E-state index >= 15 is 0 Å². The van der Waals surface area contributed by atoms with Crippen LogP contribution in [0.15, 0.2) is 24.3 Å². The van der Waals surface area contributed by atoms with E-state index in [2.05, 4.69) is 22.8 Å². The quantitative estimate of drug-likeness (QED) is 0.721. The molecular formula is C17H24N2O2. The van der Waals surface area contributed by atoms with E-state index in [9.17, 15) is 9.90 Å². The summed E-state index contributed by atoms with van der Waals surface area (Å²) in [5.74, 6) is 0.147. The van der Waals surface area contributed by atoms with Crippen LogP contribution < -0.4 is 10.6 Å². The Balaban J connectivity index is 1.63. The predicted octanol–water partition coefficient (Wildman–Crippen LogP) is 2.36. The van der Waals surface area contributed by atoms with Crippen molar-refractivity contribution in [3.8, 4) is 0 Å². The molecule has 4 nitrogen and oxygen atoms in total. The molecule has 1 saturated heterocycles. The molecule has 2 atom stereocenters. The molecule has 0 radical (unpaired) electrons. The molecule has 3 rings (SSSR count). The third-order valence-corrected chi connectivity index (χ3v) is 4.66.